The fourth-order valence-electron chi connectivity index (χ4n) is 2.40. The molecule has 0 amide bonds. The summed E-state index contributed by atoms with van der Waals surface area (Å²) in [7, 11) is 1.26. The quantitative estimate of drug-likeness (QED) is 0.796. The third-order valence-corrected chi connectivity index (χ3v) is 3.47. The summed E-state index contributed by atoms with van der Waals surface area (Å²) in [5, 5.41) is 4.17. The van der Waals surface area contributed by atoms with Crippen LogP contribution in [0.25, 0.3) is 11.3 Å². The fraction of sp³-hybridized carbons (Fsp3) is 0.375. The summed E-state index contributed by atoms with van der Waals surface area (Å²) in [6, 6.07) is 4.47. The number of carbonyl (C=O) groups excluding carboxylic acids is 1. The minimum absolute atomic E-state index is 0.0124. The average molecular weight is 308 g/mol. The van der Waals surface area contributed by atoms with Gasteiger partial charge in [0.1, 0.15) is 0 Å². The molecule has 0 saturated carbocycles. The molecule has 0 spiro atoms. The van der Waals surface area contributed by atoms with E-state index >= 15 is 0 Å². The monoisotopic (exact) mass is 308 g/mol. The highest BCUT2D eigenvalue weighted by Gasteiger charge is 2.22. The molecular formula is C16H18F2N2O2. The summed E-state index contributed by atoms with van der Waals surface area (Å²) in [6.45, 7) is 5.43. The Morgan fingerprint density at radius 2 is 2.00 bits per heavy atom. The van der Waals surface area contributed by atoms with Crippen molar-refractivity contribution in [2.24, 2.45) is 0 Å². The van der Waals surface area contributed by atoms with Crippen LogP contribution in [0.5, 0.6) is 0 Å². The number of methoxy groups -OCH3 is 1. The van der Waals surface area contributed by atoms with Gasteiger partial charge in [-0.05, 0) is 44.5 Å². The number of hydrogen-bond donors (Lipinski definition) is 0. The third kappa shape index (κ3) is 2.86. The summed E-state index contributed by atoms with van der Waals surface area (Å²) in [5.41, 5.74) is 1.47. The van der Waals surface area contributed by atoms with Gasteiger partial charge in [-0.2, -0.15) is 5.10 Å². The van der Waals surface area contributed by atoms with Crippen molar-refractivity contribution in [1.82, 2.24) is 9.78 Å². The molecule has 0 bridgehead atoms. The van der Waals surface area contributed by atoms with E-state index in [2.05, 4.69) is 5.10 Å². The third-order valence-electron chi connectivity index (χ3n) is 3.47. The average Bonchev–Trinajstić information content (AvgIpc) is 2.95. The predicted molar refractivity (Wildman–Crippen MR) is 79.1 cm³/mol. The van der Waals surface area contributed by atoms with Crippen LogP contribution in [0.2, 0.25) is 0 Å². The molecule has 118 valence electrons. The minimum Gasteiger partial charge on any atom is -0.465 e. The van der Waals surface area contributed by atoms with E-state index in [0.29, 0.717) is 16.8 Å². The molecule has 22 heavy (non-hydrogen) atoms. The minimum atomic E-state index is -2.64. The van der Waals surface area contributed by atoms with E-state index in [1.54, 1.807) is 23.9 Å². The first kappa shape index (κ1) is 16.1. The number of ether oxygens (including phenoxy) is 1. The molecule has 6 heteroatoms. The van der Waals surface area contributed by atoms with Gasteiger partial charge >= 0.3 is 5.97 Å². The summed E-state index contributed by atoms with van der Waals surface area (Å²) in [6.07, 6.45) is -1.08. The van der Waals surface area contributed by atoms with Gasteiger partial charge < -0.3 is 4.74 Å². The molecule has 0 N–H and O–H groups in total. The van der Waals surface area contributed by atoms with E-state index in [1.165, 1.54) is 19.2 Å². The smallest absolute Gasteiger partial charge is 0.338 e. The van der Waals surface area contributed by atoms with Crippen molar-refractivity contribution < 1.29 is 18.3 Å². The summed E-state index contributed by atoms with van der Waals surface area (Å²) < 4.78 is 33.2. The number of halogens is 2. The second kappa shape index (κ2) is 6.25. The number of aryl methyl sites for hydroxylation is 1. The van der Waals surface area contributed by atoms with Crippen LogP contribution >= 0.6 is 0 Å². The maximum Gasteiger partial charge on any atom is 0.338 e. The van der Waals surface area contributed by atoms with Crippen molar-refractivity contribution in [3.63, 3.8) is 0 Å². The first-order chi connectivity index (χ1) is 10.4. The zero-order valence-corrected chi connectivity index (χ0v) is 12.9. The van der Waals surface area contributed by atoms with Crippen molar-refractivity contribution in [3.05, 3.63) is 41.1 Å². The fourth-order valence-corrected chi connectivity index (χ4v) is 2.40. The van der Waals surface area contributed by atoms with Crippen LogP contribution in [0.1, 0.15) is 47.8 Å². The van der Waals surface area contributed by atoms with E-state index in [1.807, 2.05) is 13.8 Å². The summed E-state index contributed by atoms with van der Waals surface area (Å²) >= 11 is 0. The number of aromatic nitrogens is 2. The number of hydrogen-bond acceptors (Lipinski definition) is 3. The molecule has 1 heterocycles. The normalized spacial score (nSPS) is 11.3. The maximum absolute atomic E-state index is 13.4. The Morgan fingerprint density at radius 1 is 1.32 bits per heavy atom. The van der Waals surface area contributed by atoms with Gasteiger partial charge in [-0.25, -0.2) is 13.6 Å². The Labute approximate surface area is 127 Å². The van der Waals surface area contributed by atoms with Gasteiger partial charge in [-0.1, -0.05) is 0 Å². The topological polar surface area (TPSA) is 44.1 Å². The van der Waals surface area contributed by atoms with E-state index in [-0.39, 0.29) is 17.2 Å². The number of carbonyl (C=O) groups is 1. The second-order valence-corrected chi connectivity index (χ2v) is 5.30. The van der Waals surface area contributed by atoms with Gasteiger partial charge in [0.15, 0.2) is 0 Å². The molecule has 4 nitrogen and oxygen atoms in total. The van der Waals surface area contributed by atoms with Gasteiger partial charge in [-0.3, -0.25) is 4.68 Å². The molecule has 0 aliphatic rings. The number of nitrogens with zero attached hydrogens (tertiary/aromatic N) is 2. The molecule has 1 aromatic heterocycles. The van der Waals surface area contributed by atoms with Crippen molar-refractivity contribution in [2.45, 2.75) is 33.2 Å². The first-order valence-corrected chi connectivity index (χ1v) is 6.91. The summed E-state index contributed by atoms with van der Waals surface area (Å²) in [4.78, 5) is 11.8. The zero-order chi connectivity index (χ0) is 16.4. The van der Waals surface area contributed by atoms with E-state index < -0.39 is 12.4 Å². The largest absolute Gasteiger partial charge is 0.465 e. The second-order valence-electron chi connectivity index (χ2n) is 5.30. The van der Waals surface area contributed by atoms with Crippen LogP contribution in [-0.2, 0) is 4.74 Å². The maximum atomic E-state index is 13.4. The highest BCUT2D eigenvalue weighted by Crippen LogP contribution is 2.34. The summed E-state index contributed by atoms with van der Waals surface area (Å²) in [5.74, 6) is -0.546. The van der Waals surface area contributed by atoms with Gasteiger partial charge in [0.05, 0.1) is 18.4 Å². The lowest BCUT2D eigenvalue weighted by atomic mass is 9.97. The molecule has 0 saturated heterocycles. The molecule has 0 radical (unpaired) electrons. The van der Waals surface area contributed by atoms with Crippen LogP contribution in [0.15, 0.2) is 24.4 Å². The van der Waals surface area contributed by atoms with Crippen molar-refractivity contribution in [1.29, 1.82) is 0 Å². The number of benzene rings is 1. The van der Waals surface area contributed by atoms with Crippen molar-refractivity contribution in [3.8, 4) is 11.3 Å². The van der Waals surface area contributed by atoms with Crippen LogP contribution in [0.3, 0.4) is 0 Å². The van der Waals surface area contributed by atoms with Crippen molar-refractivity contribution in [2.75, 3.05) is 7.11 Å². The van der Waals surface area contributed by atoms with Gasteiger partial charge in [0, 0.05) is 23.4 Å². The lowest BCUT2D eigenvalue weighted by Gasteiger charge is -2.16. The van der Waals surface area contributed by atoms with Gasteiger partial charge in [0.25, 0.3) is 6.43 Å². The van der Waals surface area contributed by atoms with Crippen LogP contribution in [0.4, 0.5) is 8.78 Å². The van der Waals surface area contributed by atoms with Crippen LogP contribution in [-0.4, -0.2) is 22.9 Å². The van der Waals surface area contributed by atoms with Gasteiger partial charge in [0.2, 0.25) is 0 Å². The molecule has 0 aliphatic carbocycles. The number of esters is 1. The molecule has 2 aromatic rings. The highest BCUT2D eigenvalue weighted by molar-refractivity contribution is 5.93. The molecule has 0 unspecified atom stereocenters. The highest BCUT2D eigenvalue weighted by atomic mass is 19.3. The molecular weight excluding hydrogens is 290 g/mol. The predicted octanol–water partition coefficient (Wildman–Crippen LogP) is 4.16. The molecule has 0 atom stereocenters. The number of alkyl halides is 2. The lowest BCUT2D eigenvalue weighted by molar-refractivity contribution is 0.0599. The standard InChI is InChI=1S/C16H18F2N2O2/c1-9(2)20-14(5-6-19-20)12-8-11(16(21)22-4)10(3)7-13(12)15(17)18/h5-9,15H,1-4H3. The Kier molecular flexibility index (Phi) is 4.59. The van der Waals surface area contributed by atoms with Crippen molar-refractivity contribution >= 4 is 5.97 Å². The lowest BCUT2D eigenvalue weighted by Crippen LogP contribution is -2.09. The zero-order valence-electron chi connectivity index (χ0n) is 12.9. The Balaban J connectivity index is 2.71. The van der Waals surface area contributed by atoms with Crippen LogP contribution in [0, 0.1) is 6.92 Å². The molecule has 2 rings (SSSR count). The number of rotatable bonds is 4. The molecule has 0 fully saturated rings. The Bertz CT molecular complexity index is 693. The van der Waals surface area contributed by atoms with E-state index in [4.69, 9.17) is 4.74 Å². The Hall–Kier alpha value is -2.24. The molecule has 0 aliphatic heterocycles. The SMILES string of the molecule is COC(=O)c1cc(-c2ccnn2C(C)C)c(C(F)F)cc1C. The van der Waals surface area contributed by atoms with E-state index in [0.717, 1.165) is 0 Å². The first-order valence-electron chi connectivity index (χ1n) is 6.91. The Morgan fingerprint density at radius 3 is 2.55 bits per heavy atom. The molecule has 1 aromatic carbocycles. The van der Waals surface area contributed by atoms with E-state index in [9.17, 15) is 13.6 Å². The van der Waals surface area contributed by atoms with Gasteiger partial charge in [-0.15, -0.1) is 0 Å². The van der Waals surface area contributed by atoms with Crippen LogP contribution < -0.4 is 0 Å².